The number of rotatable bonds is 9. The van der Waals surface area contributed by atoms with Crippen molar-refractivity contribution in [3.05, 3.63) is 106 Å². The lowest BCUT2D eigenvalue weighted by Gasteiger charge is -2.20. The molecular weight excluding hydrogens is 529 g/mol. The van der Waals surface area contributed by atoms with Gasteiger partial charge in [-0.3, -0.25) is 19.3 Å². The van der Waals surface area contributed by atoms with Gasteiger partial charge in [-0.2, -0.15) is 5.10 Å². The molecule has 4 aromatic rings. The number of nitrogens with two attached hydrogens (primary N) is 1. The molecule has 6 nitrogen and oxygen atoms in total. The van der Waals surface area contributed by atoms with Crippen LogP contribution in [0.4, 0.5) is 13.2 Å². The van der Waals surface area contributed by atoms with Gasteiger partial charge in [-0.25, -0.2) is 13.2 Å². The zero-order valence-corrected chi connectivity index (χ0v) is 22.8. The molecule has 0 saturated carbocycles. The monoisotopic (exact) mass is 560 g/mol. The van der Waals surface area contributed by atoms with E-state index in [1.165, 1.54) is 29.8 Å². The van der Waals surface area contributed by atoms with Crippen LogP contribution >= 0.6 is 0 Å². The fourth-order valence-electron chi connectivity index (χ4n) is 5.83. The highest BCUT2D eigenvalue weighted by Crippen LogP contribution is 2.34. The van der Waals surface area contributed by atoms with E-state index in [2.05, 4.69) is 10.1 Å². The molecule has 2 N–H and O–H groups in total. The molecule has 2 aromatic heterocycles. The van der Waals surface area contributed by atoms with E-state index in [1.54, 1.807) is 23.0 Å². The summed E-state index contributed by atoms with van der Waals surface area (Å²) in [4.78, 5) is 30.0. The molecule has 1 aliphatic carbocycles. The van der Waals surface area contributed by atoms with E-state index in [4.69, 9.17) is 5.73 Å². The Kier molecular flexibility index (Phi) is 8.33. The lowest BCUT2D eigenvalue weighted by atomic mass is 9.86. The Hall–Kier alpha value is -4.27. The maximum Gasteiger partial charge on any atom is 0.251 e. The van der Waals surface area contributed by atoms with E-state index in [9.17, 15) is 22.8 Å². The van der Waals surface area contributed by atoms with Crippen LogP contribution in [0.2, 0.25) is 0 Å². The second-order valence-electron chi connectivity index (χ2n) is 10.6. The highest BCUT2D eigenvalue weighted by Gasteiger charge is 2.25. The van der Waals surface area contributed by atoms with Gasteiger partial charge in [0, 0.05) is 35.9 Å². The van der Waals surface area contributed by atoms with E-state index in [-0.39, 0.29) is 30.7 Å². The van der Waals surface area contributed by atoms with Gasteiger partial charge in [0.05, 0.1) is 23.5 Å². The summed E-state index contributed by atoms with van der Waals surface area (Å²) in [5.74, 6) is -3.77. The zero-order chi connectivity index (χ0) is 29.1. The Morgan fingerprint density at radius 1 is 1.00 bits per heavy atom. The second kappa shape index (κ2) is 12.1. The van der Waals surface area contributed by atoms with Crippen molar-refractivity contribution in [2.24, 2.45) is 5.73 Å². The second-order valence-corrected chi connectivity index (χ2v) is 10.6. The molecule has 212 valence electrons. The number of hydrogen-bond acceptors (Lipinski definition) is 4. The van der Waals surface area contributed by atoms with Crippen molar-refractivity contribution < 1.29 is 22.8 Å². The maximum absolute atomic E-state index is 14.2. The van der Waals surface area contributed by atoms with Crippen molar-refractivity contribution in [1.29, 1.82) is 0 Å². The number of carbonyl (C=O) groups is 2. The van der Waals surface area contributed by atoms with Crippen LogP contribution < -0.4 is 5.73 Å². The van der Waals surface area contributed by atoms with Crippen LogP contribution in [0.1, 0.15) is 70.2 Å². The Morgan fingerprint density at radius 2 is 1.76 bits per heavy atom. The average Bonchev–Trinajstić information content (AvgIpc) is 3.07. The summed E-state index contributed by atoms with van der Waals surface area (Å²) in [5, 5.41) is 4.66. The average molecular weight is 561 g/mol. The topological polar surface area (TPSA) is 90.9 Å². The van der Waals surface area contributed by atoms with Crippen LogP contribution in [0.15, 0.2) is 54.7 Å². The van der Waals surface area contributed by atoms with Gasteiger partial charge in [0.1, 0.15) is 17.5 Å². The number of primary amides is 1. The number of fused-ring (bicyclic) bond motifs is 1. The van der Waals surface area contributed by atoms with Crippen LogP contribution in [0.25, 0.3) is 11.1 Å². The van der Waals surface area contributed by atoms with Crippen LogP contribution in [0, 0.1) is 24.4 Å². The van der Waals surface area contributed by atoms with Crippen molar-refractivity contribution in [3.8, 4) is 11.1 Å². The number of nitrogens with zero attached hydrogens (tertiary/aromatic N) is 3. The van der Waals surface area contributed by atoms with Gasteiger partial charge in [-0.15, -0.1) is 0 Å². The molecule has 9 heteroatoms. The van der Waals surface area contributed by atoms with Gasteiger partial charge < -0.3 is 5.73 Å². The van der Waals surface area contributed by atoms with E-state index in [1.807, 2.05) is 6.92 Å². The molecule has 1 aliphatic rings. The Morgan fingerprint density at radius 3 is 2.51 bits per heavy atom. The van der Waals surface area contributed by atoms with Gasteiger partial charge in [-0.1, -0.05) is 18.6 Å². The fraction of sp³-hybridized carbons (Fsp3) is 0.312. The third kappa shape index (κ3) is 6.39. The lowest BCUT2D eigenvalue weighted by molar-refractivity contribution is -0.120. The predicted molar refractivity (Wildman–Crippen MR) is 149 cm³/mol. The quantitative estimate of drug-likeness (QED) is 0.253. The summed E-state index contributed by atoms with van der Waals surface area (Å²) in [6.07, 6.45) is 6.82. The van der Waals surface area contributed by atoms with Crippen molar-refractivity contribution >= 4 is 11.7 Å². The fourth-order valence-corrected chi connectivity index (χ4v) is 5.83. The molecule has 0 aliphatic heterocycles. The first-order chi connectivity index (χ1) is 19.7. The minimum Gasteiger partial charge on any atom is -0.366 e. The van der Waals surface area contributed by atoms with Gasteiger partial charge >= 0.3 is 0 Å². The van der Waals surface area contributed by atoms with Crippen molar-refractivity contribution in [1.82, 2.24) is 14.8 Å². The molecule has 0 bridgehead atoms. The van der Waals surface area contributed by atoms with E-state index < -0.39 is 29.3 Å². The molecule has 1 atom stereocenters. The third-order valence-corrected chi connectivity index (χ3v) is 7.68. The van der Waals surface area contributed by atoms with Gasteiger partial charge in [0.25, 0.3) is 5.91 Å². The molecule has 2 heterocycles. The standard InChI is InChI=1S/C32H31F3N4O2/c1-19-26-6-3-2-4-8-30(26)39(38-19)18-25(40)15-22(12-20-13-23(33)17-24(34)14-20)31-27(7-5-11-37-31)21-9-10-29(35)28(16-21)32(36)41/h5,7,9-11,13-14,16-17,22H,2-4,6,8,12,15,18H2,1H3,(H2,36,41)/t22-/m1/s1. The van der Waals surface area contributed by atoms with Crippen LogP contribution in [-0.2, 0) is 30.6 Å². The SMILES string of the molecule is Cc1nn(CC(=O)C[C@@H](Cc2cc(F)cc(F)c2)c2ncccc2-c2ccc(F)c(C(N)=O)c2)c2c1CCCCC2. The molecule has 0 unspecified atom stereocenters. The van der Waals surface area contributed by atoms with Crippen molar-refractivity contribution in [3.63, 3.8) is 0 Å². The minimum atomic E-state index is -0.912. The first-order valence-electron chi connectivity index (χ1n) is 13.8. The first kappa shape index (κ1) is 28.3. The normalized spacial score (nSPS) is 13.9. The maximum atomic E-state index is 14.2. The molecule has 0 fully saturated rings. The Balaban J connectivity index is 1.51. The highest BCUT2D eigenvalue weighted by molar-refractivity contribution is 5.94. The summed E-state index contributed by atoms with van der Waals surface area (Å²) in [6.45, 7) is 2.05. The summed E-state index contributed by atoms with van der Waals surface area (Å²) in [5.41, 5.74) is 10.3. The van der Waals surface area contributed by atoms with Crippen molar-refractivity contribution in [2.45, 2.75) is 64.3 Å². The number of carbonyl (C=O) groups excluding carboxylic acids is 2. The number of hydrogen-bond donors (Lipinski definition) is 1. The third-order valence-electron chi connectivity index (χ3n) is 7.68. The number of pyridine rings is 1. The Bertz CT molecular complexity index is 1590. The number of halogens is 3. The number of amides is 1. The molecule has 1 amide bonds. The number of Topliss-reactive ketones (excluding diaryl/α,β-unsaturated/α-hetero) is 1. The molecular formula is C32H31F3N4O2. The van der Waals surface area contributed by atoms with Crippen LogP contribution in [0.5, 0.6) is 0 Å². The first-order valence-corrected chi connectivity index (χ1v) is 13.8. The van der Waals surface area contributed by atoms with Crippen molar-refractivity contribution in [2.75, 3.05) is 0 Å². The van der Waals surface area contributed by atoms with E-state index in [0.29, 0.717) is 22.4 Å². The van der Waals surface area contributed by atoms with Crippen LogP contribution in [-0.4, -0.2) is 26.5 Å². The summed E-state index contributed by atoms with van der Waals surface area (Å²) >= 11 is 0. The molecule has 2 aromatic carbocycles. The number of benzene rings is 2. The Labute approximate surface area is 236 Å². The molecule has 5 rings (SSSR count). The summed E-state index contributed by atoms with van der Waals surface area (Å²) in [6, 6.07) is 10.7. The van der Waals surface area contributed by atoms with E-state index in [0.717, 1.165) is 55.6 Å². The van der Waals surface area contributed by atoms with E-state index >= 15 is 0 Å². The predicted octanol–water partition coefficient (Wildman–Crippen LogP) is 6.02. The smallest absolute Gasteiger partial charge is 0.251 e. The largest absolute Gasteiger partial charge is 0.366 e. The minimum absolute atomic E-state index is 0.0275. The summed E-state index contributed by atoms with van der Waals surface area (Å²) in [7, 11) is 0. The van der Waals surface area contributed by atoms with Crippen LogP contribution in [0.3, 0.4) is 0 Å². The number of aryl methyl sites for hydroxylation is 1. The molecule has 0 saturated heterocycles. The summed E-state index contributed by atoms with van der Waals surface area (Å²) < 4.78 is 44.3. The number of aromatic nitrogens is 3. The number of ketones is 1. The molecule has 41 heavy (non-hydrogen) atoms. The van der Waals surface area contributed by atoms with Gasteiger partial charge in [0.2, 0.25) is 0 Å². The van der Waals surface area contributed by atoms with Gasteiger partial charge in [-0.05, 0) is 86.1 Å². The zero-order valence-electron chi connectivity index (χ0n) is 22.8. The highest BCUT2D eigenvalue weighted by atomic mass is 19.1. The molecule has 0 spiro atoms. The lowest BCUT2D eigenvalue weighted by Crippen LogP contribution is -2.19. The molecule has 0 radical (unpaired) electrons. The van der Waals surface area contributed by atoms with Gasteiger partial charge in [0.15, 0.2) is 5.78 Å².